The summed E-state index contributed by atoms with van der Waals surface area (Å²) in [5, 5.41) is 8.22. The fourth-order valence-electron chi connectivity index (χ4n) is 0.306. The standard InChI is InChI=1S/C5H11O2/c1-3-7-5(2)4-6/h4-6H,3H2,1-2H3. The molecule has 0 rings (SSSR count). The summed E-state index contributed by atoms with van der Waals surface area (Å²) in [7, 11) is 0. The van der Waals surface area contributed by atoms with Crippen LogP contribution in [0.5, 0.6) is 0 Å². The van der Waals surface area contributed by atoms with Crippen molar-refractivity contribution in [2.45, 2.75) is 20.0 Å². The highest BCUT2D eigenvalue weighted by Gasteiger charge is 1.94. The Morgan fingerprint density at radius 1 is 1.86 bits per heavy atom. The van der Waals surface area contributed by atoms with Crippen molar-refractivity contribution >= 4 is 0 Å². The van der Waals surface area contributed by atoms with Crippen molar-refractivity contribution in [1.29, 1.82) is 0 Å². The SMILES string of the molecule is CCOC(C)[CH]O. The van der Waals surface area contributed by atoms with Gasteiger partial charge in [-0.25, -0.2) is 0 Å². The molecule has 0 saturated carbocycles. The van der Waals surface area contributed by atoms with Crippen molar-refractivity contribution in [3.8, 4) is 0 Å². The normalized spacial score (nSPS) is 14.1. The Kier molecular flexibility index (Phi) is 4.04. The predicted molar refractivity (Wildman–Crippen MR) is 27.3 cm³/mol. The molecule has 1 unspecified atom stereocenters. The minimum absolute atomic E-state index is 0.120. The van der Waals surface area contributed by atoms with E-state index in [2.05, 4.69) is 0 Å². The van der Waals surface area contributed by atoms with E-state index in [1.165, 1.54) is 0 Å². The summed E-state index contributed by atoms with van der Waals surface area (Å²) in [4.78, 5) is 0. The number of ether oxygens (including phenoxy) is 1. The third-order valence-corrected chi connectivity index (χ3v) is 0.639. The highest BCUT2D eigenvalue weighted by atomic mass is 16.5. The fraction of sp³-hybridized carbons (Fsp3) is 0.800. The molecule has 1 N–H and O–H groups in total. The first kappa shape index (κ1) is 6.92. The molecular weight excluding hydrogens is 92.1 g/mol. The van der Waals surface area contributed by atoms with E-state index >= 15 is 0 Å². The molecule has 0 heterocycles. The average Bonchev–Trinajstić information content (AvgIpc) is 1.68. The smallest absolute Gasteiger partial charge is 0.108 e. The quantitative estimate of drug-likeness (QED) is 0.576. The topological polar surface area (TPSA) is 29.5 Å². The van der Waals surface area contributed by atoms with Crippen LogP contribution in [0.4, 0.5) is 0 Å². The molecule has 2 nitrogen and oxygen atoms in total. The van der Waals surface area contributed by atoms with Crippen molar-refractivity contribution in [1.82, 2.24) is 0 Å². The Morgan fingerprint density at radius 3 is 2.57 bits per heavy atom. The van der Waals surface area contributed by atoms with E-state index in [-0.39, 0.29) is 6.10 Å². The minimum Gasteiger partial charge on any atom is -0.388 e. The van der Waals surface area contributed by atoms with E-state index in [1.54, 1.807) is 6.92 Å². The van der Waals surface area contributed by atoms with Gasteiger partial charge in [-0.05, 0) is 13.8 Å². The second-order valence-corrected chi connectivity index (χ2v) is 1.31. The third-order valence-electron chi connectivity index (χ3n) is 0.639. The maximum atomic E-state index is 8.22. The van der Waals surface area contributed by atoms with Gasteiger partial charge in [0.05, 0.1) is 6.10 Å². The Bertz CT molecular complexity index is 37.1. The van der Waals surface area contributed by atoms with Crippen molar-refractivity contribution < 1.29 is 9.84 Å². The molecule has 43 valence electrons. The Balaban J connectivity index is 2.83. The summed E-state index contributed by atoms with van der Waals surface area (Å²) in [6.07, 6.45) is -0.120. The molecule has 1 radical (unpaired) electrons. The first-order valence-corrected chi connectivity index (χ1v) is 2.40. The van der Waals surface area contributed by atoms with E-state index in [9.17, 15) is 0 Å². The first-order chi connectivity index (χ1) is 3.31. The molecule has 0 saturated heterocycles. The summed E-state index contributed by atoms with van der Waals surface area (Å²) in [5.41, 5.74) is 0. The molecule has 0 aromatic carbocycles. The van der Waals surface area contributed by atoms with Crippen LogP contribution in [-0.4, -0.2) is 17.8 Å². The number of hydrogen-bond acceptors (Lipinski definition) is 2. The van der Waals surface area contributed by atoms with Gasteiger partial charge in [0.2, 0.25) is 0 Å². The lowest BCUT2D eigenvalue weighted by Gasteiger charge is -2.04. The van der Waals surface area contributed by atoms with Crippen LogP contribution in [0.2, 0.25) is 0 Å². The molecule has 2 heteroatoms. The van der Waals surface area contributed by atoms with Gasteiger partial charge in [-0.1, -0.05) is 0 Å². The average molecular weight is 103 g/mol. The lowest BCUT2D eigenvalue weighted by Crippen LogP contribution is -2.06. The summed E-state index contributed by atoms with van der Waals surface area (Å²) in [6, 6.07) is 0. The van der Waals surface area contributed by atoms with Crippen molar-refractivity contribution in [3.05, 3.63) is 6.61 Å². The molecule has 0 amide bonds. The molecule has 0 aromatic heterocycles. The van der Waals surface area contributed by atoms with Crippen LogP contribution in [0.15, 0.2) is 0 Å². The molecule has 0 aliphatic heterocycles. The molecule has 7 heavy (non-hydrogen) atoms. The van der Waals surface area contributed by atoms with E-state index < -0.39 is 0 Å². The Morgan fingerprint density at radius 2 is 2.43 bits per heavy atom. The van der Waals surface area contributed by atoms with Crippen LogP contribution >= 0.6 is 0 Å². The zero-order chi connectivity index (χ0) is 5.70. The minimum atomic E-state index is -0.120. The molecule has 0 aliphatic carbocycles. The van der Waals surface area contributed by atoms with Gasteiger partial charge in [-0.2, -0.15) is 0 Å². The van der Waals surface area contributed by atoms with E-state index in [0.29, 0.717) is 6.61 Å². The predicted octanol–water partition coefficient (Wildman–Crippen LogP) is 0.946. The highest BCUT2D eigenvalue weighted by Crippen LogP contribution is 1.89. The number of aliphatic hydroxyl groups excluding tert-OH is 1. The van der Waals surface area contributed by atoms with Crippen molar-refractivity contribution in [3.63, 3.8) is 0 Å². The second-order valence-electron chi connectivity index (χ2n) is 1.31. The molecule has 0 aliphatic rings. The zero-order valence-electron chi connectivity index (χ0n) is 4.72. The van der Waals surface area contributed by atoms with Gasteiger partial charge in [-0.15, -0.1) is 0 Å². The van der Waals surface area contributed by atoms with Gasteiger partial charge < -0.3 is 9.84 Å². The number of aliphatic hydroxyl groups is 1. The summed E-state index contributed by atoms with van der Waals surface area (Å²) < 4.78 is 4.89. The van der Waals surface area contributed by atoms with Crippen LogP contribution in [0.1, 0.15) is 13.8 Å². The van der Waals surface area contributed by atoms with E-state index in [1.807, 2.05) is 6.92 Å². The van der Waals surface area contributed by atoms with Gasteiger partial charge in [0.15, 0.2) is 0 Å². The zero-order valence-corrected chi connectivity index (χ0v) is 4.72. The first-order valence-electron chi connectivity index (χ1n) is 2.40. The highest BCUT2D eigenvalue weighted by molar-refractivity contribution is 4.55. The lowest BCUT2D eigenvalue weighted by atomic mass is 10.4. The molecule has 0 aromatic rings. The third kappa shape index (κ3) is 3.76. The second kappa shape index (κ2) is 4.09. The van der Waals surface area contributed by atoms with Gasteiger partial charge in [0, 0.05) is 6.61 Å². The maximum Gasteiger partial charge on any atom is 0.108 e. The van der Waals surface area contributed by atoms with Crippen LogP contribution < -0.4 is 0 Å². The van der Waals surface area contributed by atoms with Gasteiger partial charge in [0.1, 0.15) is 6.61 Å². The maximum absolute atomic E-state index is 8.22. The van der Waals surface area contributed by atoms with Gasteiger partial charge >= 0.3 is 0 Å². The monoisotopic (exact) mass is 103 g/mol. The number of hydrogen-bond donors (Lipinski definition) is 1. The Labute approximate surface area is 44.1 Å². The van der Waals surface area contributed by atoms with Crippen LogP contribution in [0.3, 0.4) is 0 Å². The van der Waals surface area contributed by atoms with Crippen LogP contribution in [0, 0.1) is 6.61 Å². The molecule has 0 fully saturated rings. The van der Waals surface area contributed by atoms with Crippen molar-refractivity contribution in [2.24, 2.45) is 0 Å². The summed E-state index contributed by atoms with van der Waals surface area (Å²) >= 11 is 0. The van der Waals surface area contributed by atoms with E-state index in [0.717, 1.165) is 6.61 Å². The lowest BCUT2D eigenvalue weighted by molar-refractivity contribution is 0.0652. The fourth-order valence-corrected chi connectivity index (χ4v) is 0.306. The number of rotatable bonds is 3. The van der Waals surface area contributed by atoms with Crippen LogP contribution in [-0.2, 0) is 4.74 Å². The Hall–Kier alpha value is -0.0800. The molecule has 0 bridgehead atoms. The van der Waals surface area contributed by atoms with Gasteiger partial charge in [-0.3, -0.25) is 0 Å². The molecular formula is C5H11O2. The summed E-state index contributed by atoms with van der Waals surface area (Å²) in [6.45, 7) is 5.35. The van der Waals surface area contributed by atoms with Crippen molar-refractivity contribution in [2.75, 3.05) is 6.61 Å². The largest absolute Gasteiger partial charge is 0.388 e. The molecule has 1 atom stereocenters. The summed E-state index contributed by atoms with van der Waals surface area (Å²) in [5.74, 6) is 0. The van der Waals surface area contributed by atoms with Crippen LogP contribution in [0.25, 0.3) is 0 Å². The molecule has 0 spiro atoms. The van der Waals surface area contributed by atoms with E-state index in [4.69, 9.17) is 9.84 Å². The van der Waals surface area contributed by atoms with Gasteiger partial charge in [0.25, 0.3) is 0 Å².